The highest BCUT2D eigenvalue weighted by atomic mass is 16.7. The Hall–Kier alpha value is -1.97. The Bertz CT molecular complexity index is 491. The van der Waals surface area contributed by atoms with Crippen LogP contribution in [0.1, 0.15) is 5.56 Å². The van der Waals surface area contributed by atoms with Crippen LogP contribution < -0.4 is 9.47 Å². The number of fused-ring (bicyclic) bond motifs is 1. The van der Waals surface area contributed by atoms with Gasteiger partial charge >= 0.3 is 0 Å². The van der Waals surface area contributed by atoms with E-state index in [0.717, 1.165) is 22.6 Å². The maximum Gasteiger partial charge on any atom is 0.231 e. The third-order valence-electron chi connectivity index (χ3n) is 2.38. The normalized spacial score (nSPS) is 13.1. The zero-order chi connectivity index (χ0) is 10.3. The Balaban J connectivity index is 2.17. The van der Waals surface area contributed by atoms with Gasteiger partial charge in [0.1, 0.15) is 6.26 Å². The van der Waals surface area contributed by atoms with Crippen LogP contribution in [0.25, 0.3) is 11.5 Å². The summed E-state index contributed by atoms with van der Waals surface area (Å²) in [6.45, 7) is 2.27. The Labute approximate surface area is 86.5 Å². The maximum atomic E-state index is 5.30. The molecule has 2 aromatic rings. The van der Waals surface area contributed by atoms with E-state index in [1.54, 1.807) is 12.5 Å². The first kappa shape index (κ1) is 8.35. The van der Waals surface area contributed by atoms with Gasteiger partial charge in [-0.05, 0) is 24.6 Å². The molecule has 4 heteroatoms. The molecule has 0 N–H and O–H groups in total. The first-order chi connectivity index (χ1) is 7.34. The van der Waals surface area contributed by atoms with Gasteiger partial charge in [0.2, 0.25) is 12.7 Å². The van der Waals surface area contributed by atoms with Crippen molar-refractivity contribution >= 4 is 0 Å². The van der Waals surface area contributed by atoms with E-state index in [1.165, 1.54) is 0 Å². The Morgan fingerprint density at radius 1 is 1.20 bits per heavy atom. The molecule has 4 nitrogen and oxygen atoms in total. The molecule has 76 valence electrons. The highest BCUT2D eigenvalue weighted by Gasteiger charge is 2.17. The molecule has 0 fully saturated rings. The Morgan fingerprint density at radius 2 is 2.00 bits per heavy atom. The summed E-state index contributed by atoms with van der Waals surface area (Å²) >= 11 is 0. The molecule has 0 aliphatic carbocycles. The highest BCUT2D eigenvalue weighted by Crippen LogP contribution is 2.37. The summed E-state index contributed by atoms with van der Waals surface area (Å²) in [5.74, 6) is 2.13. The SMILES string of the molecule is Cc1cc2c(cc1-c1ncco1)OCO2. The van der Waals surface area contributed by atoms with Gasteiger partial charge in [0.25, 0.3) is 0 Å². The van der Waals surface area contributed by atoms with Crippen molar-refractivity contribution in [2.24, 2.45) is 0 Å². The summed E-state index contributed by atoms with van der Waals surface area (Å²) in [7, 11) is 0. The lowest BCUT2D eigenvalue weighted by molar-refractivity contribution is 0.174. The monoisotopic (exact) mass is 203 g/mol. The van der Waals surface area contributed by atoms with Crippen LogP contribution in [0, 0.1) is 6.92 Å². The van der Waals surface area contributed by atoms with Gasteiger partial charge in [0.15, 0.2) is 11.5 Å². The van der Waals surface area contributed by atoms with Crippen LogP contribution in [0.4, 0.5) is 0 Å². The van der Waals surface area contributed by atoms with Crippen LogP contribution in [0.3, 0.4) is 0 Å². The van der Waals surface area contributed by atoms with E-state index in [2.05, 4.69) is 4.98 Å². The smallest absolute Gasteiger partial charge is 0.231 e. The van der Waals surface area contributed by atoms with Crippen LogP contribution in [0.15, 0.2) is 29.0 Å². The van der Waals surface area contributed by atoms with E-state index in [4.69, 9.17) is 13.9 Å². The topological polar surface area (TPSA) is 44.5 Å². The molecule has 1 aliphatic heterocycles. The molecular formula is C11H9NO3. The van der Waals surface area contributed by atoms with Gasteiger partial charge in [-0.25, -0.2) is 4.98 Å². The van der Waals surface area contributed by atoms with Gasteiger partial charge in [0.05, 0.1) is 6.20 Å². The zero-order valence-electron chi connectivity index (χ0n) is 8.19. The summed E-state index contributed by atoms with van der Waals surface area (Å²) in [6.07, 6.45) is 3.18. The van der Waals surface area contributed by atoms with Gasteiger partial charge in [-0.1, -0.05) is 0 Å². The van der Waals surface area contributed by atoms with Crippen molar-refractivity contribution in [1.82, 2.24) is 4.98 Å². The summed E-state index contributed by atoms with van der Waals surface area (Å²) in [6, 6.07) is 3.82. The van der Waals surface area contributed by atoms with Gasteiger partial charge in [-0.15, -0.1) is 0 Å². The average molecular weight is 203 g/mol. The molecule has 0 bridgehead atoms. The molecule has 1 aliphatic rings. The largest absolute Gasteiger partial charge is 0.454 e. The number of benzene rings is 1. The number of rotatable bonds is 1. The fraction of sp³-hybridized carbons (Fsp3) is 0.182. The number of ether oxygens (including phenoxy) is 2. The molecule has 2 heterocycles. The molecular weight excluding hydrogens is 194 g/mol. The van der Waals surface area contributed by atoms with Crippen LogP contribution in [-0.2, 0) is 0 Å². The minimum Gasteiger partial charge on any atom is -0.454 e. The summed E-state index contributed by atoms with van der Waals surface area (Å²) < 4.78 is 15.8. The average Bonchev–Trinajstić information content (AvgIpc) is 2.85. The predicted octanol–water partition coefficient (Wildman–Crippen LogP) is 2.38. The number of nitrogens with zero attached hydrogens (tertiary/aromatic N) is 1. The van der Waals surface area contributed by atoms with E-state index in [-0.39, 0.29) is 6.79 Å². The van der Waals surface area contributed by atoms with Crippen molar-refractivity contribution in [1.29, 1.82) is 0 Å². The summed E-state index contributed by atoms with van der Waals surface area (Å²) in [5.41, 5.74) is 1.99. The van der Waals surface area contributed by atoms with Crippen molar-refractivity contribution in [3.63, 3.8) is 0 Å². The second kappa shape index (κ2) is 3.02. The number of hydrogen-bond acceptors (Lipinski definition) is 4. The molecule has 0 amide bonds. The fourth-order valence-electron chi connectivity index (χ4n) is 1.63. The van der Waals surface area contributed by atoms with Gasteiger partial charge < -0.3 is 13.9 Å². The van der Waals surface area contributed by atoms with E-state index in [0.29, 0.717) is 5.89 Å². The Kier molecular flexibility index (Phi) is 1.68. The van der Waals surface area contributed by atoms with Gasteiger partial charge in [-0.3, -0.25) is 0 Å². The van der Waals surface area contributed by atoms with Crippen molar-refractivity contribution in [3.8, 4) is 23.0 Å². The first-order valence-electron chi connectivity index (χ1n) is 4.65. The van der Waals surface area contributed by atoms with Crippen molar-refractivity contribution < 1.29 is 13.9 Å². The molecule has 0 saturated carbocycles. The standard InChI is InChI=1S/C11H9NO3/c1-7-4-9-10(15-6-14-9)5-8(7)11-12-2-3-13-11/h2-5H,6H2,1H3. The molecule has 1 aromatic heterocycles. The summed E-state index contributed by atoms with van der Waals surface area (Å²) in [5, 5.41) is 0. The van der Waals surface area contributed by atoms with Crippen LogP contribution in [0.5, 0.6) is 11.5 Å². The number of hydrogen-bond donors (Lipinski definition) is 0. The molecule has 3 rings (SSSR count). The minimum atomic E-state index is 0.282. The minimum absolute atomic E-state index is 0.282. The second-order valence-electron chi connectivity index (χ2n) is 3.36. The lowest BCUT2D eigenvalue weighted by atomic mass is 10.1. The van der Waals surface area contributed by atoms with Crippen LogP contribution >= 0.6 is 0 Å². The van der Waals surface area contributed by atoms with Crippen molar-refractivity contribution in [2.45, 2.75) is 6.92 Å². The molecule has 0 saturated heterocycles. The number of oxazole rings is 1. The van der Waals surface area contributed by atoms with Gasteiger partial charge in [-0.2, -0.15) is 0 Å². The van der Waals surface area contributed by atoms with Gasteiger partial charge in [0, 0.05) is 5.56 Å². The zero-order valence-corrected chi connectivity index (χ0v) is 8.19. The summed E-state index contributed by atoms with van der Waals surface area (Å²) in [4.78, 5) is 4.11. The molecule has 1 aromatic carbocycles. The van der Waals surface area contributed by atoms with E-state index in [1.807, 2.05) is 19.1 Å². The number of aryl methyl sites for hydroxylation is 1. The third kappa shape index (κ3) is 1.26. The maximum absolute atomic E-state index is 5.30. The lowest BCUT2D eigenvalue weighted by Gasteiger charge is -2.03. The lowest BCUT2D eigenvalue weighted by Crippen LogP contribution is -1.92. The fourth-order valence-corrected chi connectivity index (χ4v) is 1.63. The van der Waals surface area contributed by atoms with E-state index < -0.39 is 0 Å². The molecule has 0 spiro atoms. The molecule has 0 atom stereocenters. The predicted molar refractivity (Wildman–Crippen MR) is 52.8 cm³/mol. The Morgan fingerprint density at radius 3 is 2.73 bits per heavy atom. The molecule has 0 radical (unpaired) electrons. The molecule has 15 heavy (non-hydrogen) atoms. The quantitative estimate of drug-likeness (QED) is 0.713. The third-order valence-corrected chi connectivity index (χ3v) is 2.38. The van der Waals surface area contributed by atoms with Crippen molar-refractivity contribution in [2.75, 3.05) is 6.79 Å². The van der Waals surface area contributed by atoms with Crippen LogP contribution in [0.2, 0.25) is 0 Å². The van der Waals surface area contributed by atoms with Crippen LogP contribution in [-0.4, -0.2) is 11.8 Å². The van der Waals surface area contributed by atoms with Crippen molar-refractivity contribution in [3.05, 3.63) is 30.2 Å². The van der Waals surface area contributed by atoms with E-state index >= 15 is 0 Å². The first-order valence-corrected chi connectivity index (χ1v) is 4.65. The van der Waals surface area contributed by atoms with E-state index in [9.17, 15) is 0 Å². The molecule has 0 unspecified atom stereocenters. The second-order valence-corrected chi connectivity index (χ2v) is 3.36. The highest BCUT2D eigenvalue weighted by molar-refractivity contribution is 5.64. The number of aromatic nitrogens is 1.